The van der Waals surface area contributed by atoms with E-state index in [9.17, 15) is 5.21 Å². The molecule has 0 unspecified atom stereocenters. The zero-order valence-electron chi connectivity index (χ0n) is 7.65. The predicted octanol–water partition coefficient (Wildman–Crippen LogP) is 0.810. The molecule has 1 aromatic heterocycles. The monoisotopic (exact) mass is 214 g/mol. The van der Waals surface area contributed by atoms with Gasteiger partial charge in [-0.15, -0.1) is 0 Å². The Balaban J connectivity index is 2.26. The van der Waals surface area contributed by atoms with Crippen molar-refractivity contribution in [2.75, 3.05) is 31.2 Å². The molecule has 4 nitrogen and oxygen atoms in total. The zero-order chi connectivity index (χ0) is 9.97. The Bertz CT molecular complexity index is 327. The maximum atomic E-state index is 11.6. The molecule has 1 aromatic rings. The number of rotatable bonds is 1. The molecular formula is C9H11ClN2O2. The van der Waals surface area contributed by atoms with Crippen LogP contribution in [0.2, 0.25) is 5.15 Å². The van der Waals surface area contributed by atoms with E-state index in [1.165, 1.54) is 0 Å². The molecule has 0 bridgehead atoms. The average Bonchev–Trinajstić information content (AvgIpc) is 2.23. The summed E-state index contributed by atoms with van der Waals surface area (Å²) >= 11 is 5.73. The molecule has 1 aliphatic rings. The van der Waals surface area contributed by atoms with E-state index in [1.807, 2.05) is 4.90 Å². The van der Waals surface area contributed by atoms with Crippen molar-refractivity contribution in [3.63, 3.8) is 0 Å². The second-order valence-corrected chi connectivity index (χ2v) is 3.49. The Kier molecular flexibility index (Phi) is 2.74. The lowest BCUT2D eigenvalue weighted by Crippen LogP contribution is -2.44. The predicted molar refractivity (Wildman–Crippen MR) is 53.4 cm³/mol. The second kappa shape index (κ2) is 4.02. The minimum Gasteiger partial charge on any atom is -0.710 e. The molecule has 1 saturated heterocycles. The largest absolute Gasteiger partial charge is 0.710 e. The summed E-state index contributed by atoms with van der Waals surface area (Å²) in [6, 6.07) is 5.13. The minimum atomic E-state index is 0.203. The van der Waals surface area contributed by atoms with Crippen molar-refractivity contribution in [1.82, 2.24) is 0 Å². The number of ether oxygens (including phenoxy) is 1. The molecule has 2 rings (SSSR count). The van der Waals surface area contributed by atoms with E-state index in [0.717, 1.165) is 17.8 Å². The third-order valence-corrected chi connectivity index (χ3v) is 2.50. The van der Waals surface area contributed by atoms with Crippen molar-refractivity contribution in [3.8, 4) is 0 Å². The highest BCUT2D eigenvalue weighted by Gasteiger charge is 2.20. The number of hydrogen-bond acceptors (Lipinski definition) is 3. The van der Waals surface area contributed by atoms with Crippen LogP contribution >= 0.6 is 11.6 Å². The van der Waals surface area contributed by atoms with Crippen LogP contribution in [0.5, 0.6) is 0 Å². The molecule has 0 aromatic carbocycles. The highest BCUT2D eigenvalue weighted by molar-refractivity contribution is 6.28. The first-order chi connectivity index (χ1) is 6.79. The Morgan fingerprint density at radius 2 is 2.07 bits per heavy atom. The van der Waals surface area contributed by atoms with Crippen LogP contribution in [0.15, 0.2) is 18.2 Å². The zero-order valence-corrected chi connectivity index (χ0v) is 8.41. The number of morpholine rings is 1. The van der Waals surface area contributed by atoms with Gasteiger partial charge >= 0.3 is 0 Å². The van der Waals surface area contributed by atoms with Gasteiger partial charge in [-0.05, 0) is 23.7 Å². The van der Waals surface area contributed by atoms with Crippen molar-refractivity contribution in [2.45, 2.75) is 0 Å². The molecule has 0 radical (unpaired) electrons. The van der Waals surface area contributed by atoms with Gasteiger partial charge < -0.3 is 9.94 Å². The van der Waals surface area contributed by atoms with E-state index >= 15 is 0 Å². The second-order valence-electron chi connectivity index (χ2n) is 3.10. The number of nitrogens with zero attached hydrogens (tertiary/aromatic N) is 2. The van der Waals surface area contributed by atoms with E-state index in [0.29, 0.717) is 19.0 Å². The van der Waals surface area contributed by atoms with Gasteiger partial charge in [0.15, 0.2) is 5.15 Å². The smallest absolute Gasteiger partial charge is 0.280 e. The summed E-state index contributed by atoms with van der Waals surface area (Å²) in [5.74, 6) is 0.598. The van der Waals surface area contributed by atoms with Crippen molar-refractivity contribution < 1.29 is 9.47 Å². The lowest BCUT2D eigenvalue weighted by Gasteiger charge is -2.24. The van der Waals surface area contributed by atoms with Gasteiger partial charge in [0.05, 0.1) is 13.2 Å². The molecule has 5 heteroatoms. The molecule has 1 aliphatic heterocycles. The summed E-state index contributed by atoms with van der Waals surface area (Å²) in [6.07, 6.45) is 0. The first kappa shape index (κ1) is 9.55. The Morgan fingerprint density at radius 3 is 2.79 bits per heavy atom. The van der Waals surface area contributed by atoms with E-state index in [1.54, 1.807) is 18.2 Å². The van der Waals surface area contributed by atoms with Crippen molar-refractivity contribution in [3.05, 3.63) is 28.6 Å². The molecule has 0 saturated carbocycles. The third-order valence-electron chi connectivity index (χ3n) is 2.22. The maximum Gasteiger partial charge on any atom is 0.280 e. The maximum absolute atomic E-state index is 11.6. The van der Waals surface area contributed by atoms with Gasteiger partial charge in [-0.3, -0.25) is 4.90 Å². The molecule has 0 spiro atoms. The van der Waals surface area contributed by atoms with Crippen LogP contribution in [0.25, 0.3) is 0 Å². The van der Waals surface area contributed by atoms with E-state index in [2.05, 4.69) is 0 Å². The summed E-state index contributed by atoms with van der Waals surface area (Å²) in [6.45, 7) is 2.80. The number of pyridine rings is 1. The SMILES string of the molecule is [O-][n+]1c(Cl)cccc1N1CCOCC1. The molecule has 0 atom stereocenters. The van der Waals surface area contributed by atoms with E-state index in [4.69, 9.17) is 16.3 Å². The van der Waals surface area contributed by atoms with Crippen molar-refractivity contribution in [2.24, 2.45) is 0 Å². The van der Waals surface area contributed by atoms with Gasteiger partial charge in [-0.25, -0.2) is 4.73 Å². The average molecular weight is 215 g/mol. The quantitative estimate of drug-likeness (QED) is 0.395. The molecule has 2 heterocycles. The van der Waals surface area contributed by atoms with Crippen LogP contribution in [0, 0.1) is 5.21 Å². The molecule has 0 amide bonds. The summed E-state index contributed by atoms with van der Waals surface area (Å²) < 4.78 is 5.95. The van der Waals surface area contributed by atoms with Gasteiger partial charge in [-0.1, -0.05) is 0 Å². The van der Waals surface area contributed by atoms with Gasteiger partial charge in [0.2, 0.25) is 0 Å². The van der Waals surface area contributed by atoms with Gasteiger partial charge in [0, 0.05) is 6.07 Å². The standard InChI is InChI=1S/C9H11ClN2O2/c10-8-2-1-3-9(12(8)13)11-4-6-14-7-5-11/h1-3H,4-7H2. The van der Waals surface area contributed by atoms with Crippen LogP contribution in [0.4, 0.5) is 5.82 Å². The topological polar surface area (TPSA) is 39.4 Å². The lowest BCUT2D eigenvalue weighted by molar-refractivity contribution is -0.590. The van der Waals surface area contributed by atoms with E-state index in [-0.39, 0.29) is 5.15 Å². The van der Waals surface area contributed by atoms with Gasteiger partial charge in [0.1, 0.15) is 13.1 Å². The Morgan fingerprint density at radius 1 is 1.36 bits per heavy atom. The molecule has 76 valence electrons. The molecule has 14 heavy (non-hydrogen) atoms. The number of anilines is 1. The van der Waals surface area contributed by atoms with Crippen LogP contribution in [-0.2, 0) is 4.74 Å². The summed E-state index contributed by atoms with van der Waals surface area (Å²) in [4.78, 5) is 1.97. The fourth-order valence-corrected chi connectivity index (χ4v) is 1.64. The highest BCUT2D eigenvalue weighted by atomic mass is 35.5. The van der Waals surface area contributed by atoms with Gasteiger partial charge in [-0.2, -0.15) is 0 Å². The van der Waals surface area contributed by atoms with Crippen molar-refractivity contribution in [1.29, 1.82) is 0 Å². The van der Waals surface area contributed by atoms with Crippen LogP contribution in [0.3, 0.4) is 0 Å². The molecule has 0 N–H and O–H groups in total. The summed E-state index contributed by atoms with van der Waals surface area (Å²) in [5.41, 5.74) is 0. The van der Waals surface area contributed by atoms with Crippen LogP contribution in [0.1, 0.15) is 0 Å². The fourth-order valence-electron chi connectivity index (χ4n) is 1.48. The van der Waals surface area contributed by atoms with E-state index < -0.39 is 0 Å². The number of hydrogen-bond donors (Lipinski definition) is 0. The molecular weight excluding hydrogens is 204 g/mol. The summed E-state index contributed by atoms with van der Waals surface area (Å²) in [5, 5.41) is 11.8. The molecule has 1 fully saturated rings. The fraction of sp³-hybridized carbons (Fsp3) is 0.444. The Hall–Kier alpha value is -1.00. The minimum absolute atomic E-state index is 0.203. The van der Waals surface area contributed by atoms with Crippen LogP contribution < -0.4 is 9.63 Å². The normalized spacial score (nSPS) is 17.1. The highest BCUT2D eigenvalue weighted by Crippen LogP contribution is 2.13. The molecule has 0 aliphatic carbocycles. The lowest BCUT2D eigenvalue weighted by atomic mass is 10.4. The number of halogens is 1. The summed E-state index contributed by atoms with van der Waals surface area (Å²) in [7, 11) is 0. The first-order valence-electron chi connectivity index (χ1n) is 4.50. The Labute approximate surface area is 87.2 Å². The van der Waals surface area contributed by atoms with Crippen molar-refractivity contribution >= 4 is 17.4 Å². The van der Waals surface area contributed by atoms with Crippen LogP contribution in [-0.4, -0.2) is 26.3 Å². The number of aromatic nitrogens is 1. The third kappa shape index (κ3) is 1.76. The first-order valence-corrected chi connectivity index (χ1v) is 4.87. The van der Waals surface area contributed by atoms with Gasteiger partial charge in [0.25, 0.3) is 5.82 Å².